The Morgan fingerprint density at radius 2 is 1.96 bits per heavy atom. The number of nitrogens with two attached hydrogens (primary N) is 1. The van der Waals surface area contributed by atoms with E-state index < -0.39 is 18.6 Å². The molecule has 1 aromatic carbocycles. The number of carbonyl (C=O) groups is 1. The number of nitrogens with one attached hydrogen (secondary N) is 2. The molecule has 3 rings (SSSR count). The van der Waals surface area contributed by atoms with Crippen molar-refractivity contribution < 1.29 is 19.9 Å². The molecule has 0 spiro atoms. The number of unbranched alkanes of at least 4 members (excludes halogenated alkanes) is 1. The third-order valence-electron chi connectivity index (χ3n) is 6.39. The minimum Gasteiger partial charge on any atom is -0.480 e. The molecule has 1 heterocycles. The van der Waals surface area contributed by atoms with Gasteiger partial charge in [-0.1, -0.05) is 37.1 Å². The van der Waals surface area contributed by atoms with Crippen LogP contribution in [0.4, 0.5) is 0 Å². The molecule has 0 unspecified atom stereocenters. The first-order chi connectivity index (χ1) is 13.4. The molecular weight excluding hydrogens is 357 g/mol. The molecule has 1 fully saturated rings. The normalized spacial score (nSPS) is 26.0. The average molecular weight is 389 g/mol. The highest BCUT2D eigenvalue weighted by Crippen LogP contribution is 2.38. The van der Waals surface area contributed by atoms with Gasteiger partial charge in [-0.25, -0.2) is 0 Å². The van der Waals surface area contributed by atoms with Gasteiger partial charge < -0.3 is 31.5 Å². The second-order valence-electron chi connectivity index (χ2n) is 8.40. The molecule has 0 bridgehead atoms. The first kappa shape index (κ1) is 21.3. The van der Waals surface area contributed by atoms with E-state index in [0.717, 1.165) is 32.4 Å². The molecule has 2 atom stereocenters. The standard InChI is InChI=1S/C20H32BN3O4/c22-20(19(25)26,7-3-4-8-21(27)28)16-10-17(11-16)24-13-18-9-14-5-1-2-6-15(14)12-23-18/h1-2,5-6,16-18,23-24,27-28H,3-4,7-13,22H2,(H,25,26)/t16?,17?,18-,20-/m0/s1. The average Bonchev–Trinajstić information content (AvgIpc) is 2.63. The highest BCUT2D eigenvalue weighted by atomic mass is 16.4. The Morgan fingerprint density at radius 3 is 2.64 bits per heavy atom. The van der Waals surface area contributed by atoms with Gasteiger partial charge in [-0.2, -0.15) is 0 Å². The highest BCUT2D eigenvalue weighted by molar-refractivity contribution is 6.40. The summed E-state index contributed by atoms with van der Waals surface area (Å²) in [6.45, 7) is 1.76. The van der Waals surface area contributed by atoms with E-state index >= 15 is 0 Å². The number of hydrogen-bond acceptors (Lipinski definition) is 6. The van der Waals surface area contributed by atoms with Crippen LogP contribution in [0.2, 0.25) is 6.32 Å². The summed E-state index contributed by atoms with van der Waals surface area (Å²) in [5, 5.41) is 34.6. The molecule has 8 heteroatoms. The lowest BCUT2D eigenvalue weighted by molar-refractivity contribution is -0.148. The van der Waals surface area contributed by atoms with Crippen LogP contribution >= 0.6 is 0 Å². The maximum Gasteiger partial charge on any atom is 0.451 e. The highest BCUT2D eigenvalue weighted by Gasteiger charge is 2.48. The molecule has 0 amide bonds. The van der Waals surface area contributed by atoms with Crippen LogP contribution in [0.1, 0.15) is 43.2 Å². The van der Waals surface area contributed by atoms with Gasteiger partial charge in [0.2, 0.25) is 0 Å². The zero-order valence-corrected chi connectivity index (χ0v) is 16.3. The molecule has 0 saturated heterocycles. The van der Waals surface area contributed by atoms with Gasteiger partial charge in [-0.3, -0.25) is 4.79 Å². The molecule has 1 aromatic rings. The smallest absolute Gasteiger partial charge is 0.451 e. The summed E-state index contributed by atoms with van der Waals surface area (Å²) < 4.78 is 0. The number of hydrogen-bond donors (Lipinski definition) is 6. The van der Waals surface area contributed by atoms with Crippen LogP contribution in [0.3, 0.4) is 0 Å². The second-order valence-corrected chi connectivity index (χ2v) is 8.40. The van der Waals surface area contributed by atoms with Crippen LogP contribution in [0, 0.1) is 5.92 Å². The third-order valence-corrected chi connectivity index (χ3v) is 6.39. The van der Waals surface area contributed by atoms with E-state index in [-0.39, 0.29) is 12.2 Å². The molecule has 1 aliphatic heterocycles. The Labute approximate surface area is 166 Å². The molecule has 0 radical (unpaired) electrons. The van der Waals surface area contributed by atoms with Crippen molar-refractivity contribution in [3.63, 3.8) is 0 Å². The SMILES string of the molecule is N[C@](CCCCB(O)O)(C(=O)O)C1CC(NC[C@@H]2Cc3ccccc3CN2)C1. The van der Waals surface area contributed by atoms with Gasteiger partial charge in [0.15, 0.2) is 0 Å². The molecule has 1 saturated carbocycles. The van der Waals surface area contributed by atoms with Crippen LogP contribution in [-0.2, 0) is 17.8 Å². The number of carboxylic acid groups (broad SMARTS) is 1. The van der Waals surface area contributed by atoms with Gasteiger partial charge in [0, 0.05) is 25.2 Å². The lowest BCUT2D eigenvalue weighted by atomic mass is 9.66. The first-order valence-electron chi connectivity index (χ1n) is 10.3. The molecule has 28 heavy (non-hydrogen) atoms. The van der Waals surface area contributed by atoms with Crippen molar-refractivity contribution in [3.05, 3.63) is 35.4 Å². The number of carboxylic acids is 1. The van der Waals surface area contributed by atoms with E-state index in [4.69, 9.17) is 15.8 Å². The van der Waals surface area contributed by atoms with Crippen molar-refractivity contribution in [3.8, 4) is 0 Å². The fourth-order valence-electron chi connectivity index (χ4n) is 4.41. The van der Waals surface area contributed by atoms with E-state index in [1.807, 2.05) is 0 Å². The molecule has 7 nitrogen and oxygen atoms in total. The fourth-order valence-corrected chi connectivity index (χ4v) is 4.41. The molecule has 7 N–H and O–H groups in total. The van der Waals surface area contributed by atoms with E-state index in [9.17, 15) is 9.90 Å². The lowest BCUT2D eigenvalue weighted by Gasteiger charge is -2.45. The Bertz CT molecular complexity index is 669. The summed E-state index contributed by atoms with van der Waals surface area (Å²) in [6.07, 6.45) is 4.32. The quantitative estimate of drug-likeness (QED) is 0.254. The van der Waals surface area contributed by atoms with Gasteiger partial charge in [0.1, 0.15) is 5.54 Å². The van der Waals surface area contributed by atoms with Crippen molar-refractivity contribution in [1.82, 2.24) is 10.6 Å². The molecule has 1 aliphatic carbocycles. The Hall–Kier alpha value is -1.45. The van der Waals surface area contributed by atoms with Gasteiger partial charge in [-0.15, -0.1) is 0 Å². The maximum atomic E-state index is 11.8. The van der Waals surface area contributed by atoms with Crippen molar-refractivity contribution in [2.75, 3.05) is 6.54 Å². The van der Waals surface area contributed by atoms with Crippen molar-refractivity contribution in [2.24, 2.45) is 11.7 Å². The summed E-state index contributed by atoms with van der Waals surface area (Å²) in [5.74, 6) is -0.993. The summed E-state index contributed by atoms with van der Waals surface area (Å²) in [7, 11) is -1.34. The van der Waals surface area contributed by atoms with Gasteiger partial charge in [-0.05, 0) is 49.0 Å². The predicted molar refractivity (Wildman–Crippen MR) is 109 cm³/mol. The summed E-state index contributed by atoms with van der Waals surface area (Å²) in [4.78, 5) is 11.8. The molecule has 154 valence electrons. The van der Waals surface area contributed by atoms with Gasteiger partial charge in [0.25, 0.3) is 0 Å². The maximum absolute atomic E-state index is 11.8. The summed E-state index contributed by atoms with van der Waals surface area (Å²) >= 11 is 0. The third kappa shape index (κ3) is 5.13. The summed E-state index contributed by atoms with van der Waals surface area (Å²) in [6, 6.07) is 9.21. The minimum atomic E-state index is -1.34. The van der Waals surface area contributed by atoms with Crippen LogP contribution in [0.15, 0.2) is 24.3 Å². The number of benzene rings is 1. The van der Waals surface area contributed by atoms with Gasteiger partial charge >= 0.3 is 13.1 Å². The number of fused-ring (bicyclic) bond motifs is 1. The van der Waals surface area contributed by atoms with Crippen LogP contribution in [0.25, 0.3) is 0 Å². The number of aliphatic carboxylic acids is 1. The molecule has 0 aromatic heterocycles. The molecule has 2 aliphatic rings. The second kappa shape index (κ2) is 9.37. The van der Waals surface area contributed by atoms with Crippen LogP contribution in [0.5, 0.6) is 0 Å². The number of rotatable bonds is 10. The van der Waals surface area contributed by atoms with Crippen molar-refractivity contribution >= 4 is 13.1 Å². The Balaban J connectivity index is 1.41. The van der Waals surface area contributed by atoms with E-state index in [2.05, 4.69) is 34.9 Å². The molecular formula is C20H32BN3O4. The Morgan fingerprint density at radius 1 is 1.25 bits per heavy atom. The minimum absolute atomic E-state index is 0.0402. The lowest BCUT2D eigenvalue weighted by Crippen LogP contribution is -2.61. The fraction of sp³-hybridized carbons (Fsp3) is 0.650. The van der Waals surface area contributed by atoms with Crippen LogP contribution in [-0.4, -0.2) is 52.4 Å². The van der Waals surface area contributed by atoms with E-state index in [1.54, 1.807) is 0 Å². The van der Waals surface area contributed by atoms with Crippen molar-refractivity contribution in [2.45, 2.75) is 69.0 Å². The predicted octanol–water partition coefficient (Wildman–Crippen LogP) is 0.494. The monoisotopic (exact) mass is 389 g/mol. The zero-order valence-electron chi connectivity index (χ0n) is 16.3. The zero-order chi connectivity index (χ0) is 20.1. The van der Waals surface area contributed by atoms with Crippen LogP contribution < -0.4 is 16.4 Å². The first-order valence-corrected chi connectivity index (χ1v) is 10.3. The van der Waals surface area contributed by atoms with E-state index in [0.29, 0.717) is 31.3 Å². The summed E-state index contributed by atoms with van der Waals surface area (Å²) in [5.41, 5.74) is 7.80. The Kier molecular flexibility index (Phi) is 7.12. The topological polar surface area (TPSA) is 128 Å². The van der Waals surface area contributed by atoms with Crippen molar-refractivity contribution in [1.29, 1.82) is 0 Å². The van der Waals surface area contributed by atoms with Gasteiger partial charge in [0.05, 0.1) is 0 Å². The largest absolute Gasteiger partial charge is 0.480 e. The van der Waals surface area contributed by atoms with E-state index in [1.165, 1.54) is 11.1 Å².